The van der Waals surface area contributed by atoms with E-state index in [9.17, 15) is 0 Å². The van der Waals surface area contributed by atoms with Gasteiger partial charge in [0.1, 0.15) is 5.69 Å². The smallest absolute Gasteiger partial charge is 0.101 e. The summed E-state index contributed by atoms with van der Waals surface area (Å²) in [5.41, 5.74) is 4.54. The third kappa shape index (κ3) is 2.54. The van der Waals surface area contributed by atoms with Crippen LogP contribution in [0.15, 0.2) is 48.5 Å². The van der Waals surface area contributed by atoms with E-state index in [1.54, 1.807) is 0 Å². The molecule has 0 N–H and O–H groups in total. The zero-order valence-electron chi connectivity index (χ0n) is 13.0. The lowest BCUT2D eigenvalue weighted by Gasteiger charge is -2.19. The van der Waals surface area contributed by atoms with Crippen molar-refractivity contribution in [2.45, 2.75) is 33.1 Å². The highest BCUT2D eigenvalue weighted by atomic mass is 15.1. The summed E-state index contributed by atoms with van der Waals surface area (Å²) < 4.78 is 0. The average molecular weight is 276 g/mol. The van der Waals surface area contributed by atoms with E-state index >= 15 is 0 Å². The molecule has 2 heteroatoms. The van der Waals surface area contributed by atoms with Crippen LogP contribution in [0.25, 0.3) is 22.0 Å². The van der Waals surface area contributed by atoms with E-state index in [4.69, 9.17) is 0 Å². The largest absolute Gasteiger partial charge is 0.155 e. The van der Waals surface area contributed by atoms with Gasteiger partial charge in [-0.2, -0.15) is 5.10 Å². The lowest BCUT2D eigenvalue weighted by molar-refractivity contribution is 0.590. The number of benzene rings is 2. The zero-order chi connectivity index (χ0) is 15.0. The summed E-state index contributed by atoms with van der Waals surface area (Å²) in [4.78, 5) is 0. The first kappa shape index (κ1) is 13.7. The van der Waals surface area contributed by atoms with E-state index in [1.165, 1.54) is 10.9 Å². The summed E-state index contributed by atoms with van der Waals surface area (Å²) >= 11 is 0. The molecule has 0 saturated carbocycles. The second-order valence-corrected chi connectivity index (χ2v) is 6.51. The Balaban J connectivity index is 2.15. The molecular weight excluding hydrogens is 256 g/mol. The maximum Gasteiger partial charge on any atom is 0.101 e. The number of nitrogens with zero attached hydrogens (tertiary/aromatic N) is 2. The number of hydrogen-bond donors (Lipinski definition) is 0. The monoisotopic (exact) mass is 276 g/mol. The summed E-state index contributed by atoms with van der Waals surface area (Å²) in [6.07, 6.45) is 0. The first-order chi connectivity index (χ1) is 9.97. The van der Waals surface area contributed by atoms with E-state index in [1.807, 2.05) is 13.0 Å². The van der Waals surface area contributed by atoms with Crippen molar-refractivity contribution in [3.8, 4) is 11.3 Å². The lowest BCUT2D eigenvalue weighted by atomic mass is 9.86. The molecule has 0 amide bonds. The number of aryl methyl sites for hydroxylation is 1. The number of hydrogen-bond acceptors (Lipinski definition) is 2. The van der Waals surface area contributed by atoms with Gasteiger partial charge in [-0.1, -0.05) is 69.3 Å². The van der Waals surface area contributed by atoms with Gasteiger partial charge in [0, 0.05) is 16.3 Å². The Morgan fingerprint density at radius 3 is 2.00 bits per heavy atom. The van der Waals surface area contributed by atoms with Gasteiger partial charge in [-0.3, -0.25) is 0 Å². The van der Waals surface area contributed by atoms with Crippen molar-refractivity contribution in [2.75, 3.05) is 0 Å². The lowest BCUT2D eigenvalue weighted by Crippen LogP contribution is -2.10. The fourth-order valence-electron chi connectivity index (χ4n) is 2.58. The van der Waals surface area contributed by atoms with Gasteiger partial charge in [0.2, 0.25) is 0 Å². The van der Waals surface area contributed by atoms with Crippen LogP contribution in [-0.2, 0) is 5.41 Å². The summed E-state index contributed by atoms with van der Waals surface area (Å²) in [6, 6.07) is 17.0. The van der Waals surface area contributed by atoms with Crippen molar-refractivity contribution in [1.29, 1.82) is 0 Å². The molecule has 2 aromatic carbocycles. The molecule has 1 heterocycles. The number of fused-ring (bicyclic) bond motifs is 1. The van der Waals surface area contributed by atoms with Gasteiger partial charge in [0.15, 0.2) is 0 Å². The van der Waals surface area contributed by atoms with Crippen molar-refractivity contribution in [2.24, 2.45) is 0 Å². The standard InChI is InChI=1S/C19H20N2/c1-13-16-7-5-6-8-17(16)18(21-20-13)14-9-11-15(12-10-14)19(2,3)4/h5-12H,1-4H3. The van der Waals surface area contributed by atoms with Gasteiger partial charge < -0.3 is 0 Å². The second kappa shape index (κ2) is 4.96. The summed E-state index contributed by atoms with van der Waals surface area (Å²) in [5, 5.41) is 11.1. The van der Waals surface area contributed by atoms with Crippen molar-refractivity contribution in [3.63, 3.8) is 0 Å². The van der Waals surface area contributed by atoms with Crippen molar-refractivity contribution < 1.29 is 0 Å². The Hall–Kier alpha value is -2.22. The Morgan fingerprint density at radius 2 is 1.38 bits per heavy atom. The molecule has 0 saturated heterocycles. The van der Waals surface area contributed by atoms with E-state index in [0.29, 0.717) is 0 Å². The minimum atomic E-state index is 0.166. The fraction of sp³-hybridized carbons (Fsp3) is 0.263. The van der Waals surface area contributed by atoms with Crippen LogP contribution < -0.4 is 0 Å². The Bertz CT molecular complexity index is 781. The molecule has 3 aromatic rings. The maximum atomic E-state index is 4.42. The SMILES string of the molecule is Cc1nnc(-c2ccc(C(C)(C)C)cc2)c2ccccc12. The summed E-state index contributed by atoms with van der Waals surface area (Å²) in [6.45, 7) is 8.68. The molecule has 0 aliphatic rings. The van der Waals surface area contributed by atoms with Crippen LogP contribution in [0.4, 0.5) is 0 Å². The van der Waals surface area contributed by atoms with Crippen LogP contribution in [0.3, 0.4) is 0 Å². The molecule has 106 valence electrons. The van der Waals surface area contributed by atoms with Gasteiger partial charge in [-0.25, -0.2) is 0 Å². The van der Waals surface area contributed by atoms with Crippen LogP contribution in [0.1, 0.15) is 32.0 Å². The van der Waals surface area contributed by atoms with Gasteiger partial charge in [0.25, 0.3) is 0 Å². The predicted molar refractivity (Wildman–Crippen MR) is 88.4 cm³/mol. The molecule has 0 bridgehead atoms. The highest BCUT2D eigenvalue weighted by Gasteiger charge is 2.14. The molecule has 0 aliphatic heterocycles. The second-order valence-electron chi connectivity index (χ2n) is 6.51. The van der Waals surface area contributed by atoms with E-state index < -0.39 is 0 Å². The molecule has 0 radical (unpaired) electrons. The van der Waals surface area contributed by atoms with Gasteiger partial charge in [-0.05, 0) is 17.9 Å². The first-order valence-corrected chi connectivity index (χ1v) is 7.30. The van der Waals surface area contributed by atoms with E-state index in [-0.39, 0.29) is 5.41 Å². The van der Waals surface area contributed by atoms with Gasteiger partial charge in [0.05, 0.1) is 5.69 Å². The van der Waals surface area contributed by atoms with Gasteiger partial charge in [-0.15, -0.1) is 5.10 Å². The minimum Gasteiger partial charge on any atom is -0.155 e. The molecule has 0 spiro atoms. The van der Waals surface area contributed by atoms with Crippen molar-refractivity contribution in [3.05, 3.63) is 59.8 Å². The predicted octanol–water partition coefficient (Wildman–Crippen LogP) is 4.90. The molecule has 0 unspecified atom stereocenters. The summed E-state index contributed by atoms with van der Waals surface area (Å²) in [5.74, 6) is 0. The Labute approximate surface area is 125 Å². The van der Waals surface area contributed by atoms with Crippen molar-refractivity contribution in [1.82, 2.24) is 10.2 Å². The highest BCUT2D eigenvalue weighted by Crippen LogP contribution is 2.29. The van der Waals surface area contributed by atoms with Crippen LogP contribution >= 0.6 is 0 Å². The quantitative estimate of drug-likeness (QED) is 0.631. The highest BCUT2D eigenvalue weighted by molar-refractivity contribution is 5.95. The minimum absolute atomic E-state index is 0.166. The van der Waals surface area contributed by atoms with E-state index in [0.717, 1.165) is 22.3 Å². The van der Waals surface area contributed by atoms with E-state index in [2.05, 4.69) is 73.4 Å². The van der Waals surface area contributed by atoms with Gasteiger partial charge >= 0.3 is 0 Å². The van der Waals surface area contributed by atoms with Crippen LogP contribution in [-0.4, -0.2) is 10.2 Å². The molecule has 0 atom stereocenters. The maximum absolute atomic E-state index is 4.42. The third-order valence-corrected chi connectivity index (χ3v) is 3.90. The first-order valence-electron chi connectivity index (χ1n) is 7.30. The molecule has 1 aromatic heterocycles. The summed E-state index contributed by atoms with van der Waals surface area (Å²) in [7, 11) is 0. The fourth-order valence-corrected chi connectivity index (χ4v) is 2.58. The Kier molecular flexibility index (Phi) is 3.25. The van der Waals surface area contributed by atoms with Crippen LogP contribution in [0.2, 0.25) is 0 Å². The normalized spacial score (nSPS) is 11.8. The zero-order valence-corrected chi connectivity index (χ0v) is 13.0. The Morgan fingerprint density at radius 1 is 0.762 bits per heavy atom. The molecule has 21 heavy (non-hydrogen) atoms. The third-order valence-electron chi connectivity index (χ3n) is 3.90. The average Bonchev–Trinajstić information content (AvgIpc) is 2.47. The molecule has 2 nitrogen and oxygen atoms in total. The van der Waals surface area contributed by atoms with Crippen LogP contribution in [0.5, 0.6) is 0 Å². The molecular formula is C19H20N2. The number of aromatic nitrogens is 2. The van der Waals surface area contributed by atoms with Crippen molar-refractivity contribution >= 4 is 10.8 Å². The number of rotatable bonds is 1. The van der Waals surface area contributed by atoms with Crippen LogP contribution in [0, 0.1) is 6.92 Å². The molecule has 3 rings (SSSR count). The molecule has 0 aliphatic carbocycles. The molecule has 0 fully saturated rings. The topological polar surface area (TPSA) is 25.8 Å².